The number of aromatic nitrogens is 3. The third-order valence-corrected chi connectivity index (χ3v) is 6.15. The molecule has 4 aromatic rings. The molecule has 0 radical (unpaired) electrons. The van der Waals surface area contributed by atoms with Gasteiger partial charge in [0.05, 0.1) is 24.4 Å². The Labute approximate surface area is 190 Å². The number of fused-ring (bicyclic) bond motifs is 2. The third kappa shape index (κ3) is 3.49. The van der Waals surface area contributed by atoms with Crippen molar-refractivity contribution in [3.05, 3.63) is 77.7 Å². The number of hydrogen-bond acceptors (Lipinski definition) is 5. The van der Waals surface area contributed by atoms with Crippen molar-refractivity contribution in [1.82, 2.24) is 19.7 Å². The Balaban J connectivity index is 1.52. The van der Waals surface area contributed by atoms with Gasteiger partial charge in [-0.15, -0.1) is 0 Å². The molecule has 164 valence electrons. The largest absolute Gasteiger partial charge is 0.353 e. The summed E-state index contributed by atoms with van der Waals surface area (Å²) in [4.78, 5) is 35.5. The Morgan fingerprint density at radius 2 is 1.91 bits per heavy atom. The van der Waals surface area contributed by atoms with Crippen LogP contribution in [-0.2, 0) is 22.4 Å². The van der Waals surface area contributed by atoms with E-state index in [2.05, 4.69) is 38.2 Å². The van der Waals surface area contributed by atoms with Gasteiger partial charge >= 0.3 is 0 Å². The van der Waals surface area contributed by atoms with Crippen molar-refractivity contribution >= 4 is 29.0 Å². The van der Waals surface area contributed by atoms with E-state index in [1.807, 2.05) is 41.4 Å². The van der Waals surface area contributed by atoms with E-state index in [0.29, 0.717) is 31.7 Å². The van der Waals surface area contributed by atoms with Gasteiger partial charge in [-0.25, -0.2) is 9.97 Å². The van der Waals surface area contributed by atoms with E-state index in [1.54, 1.807) is 6.20 Å². The van der Waals surface area contributed by atoms with Gasteiger partial charge in [-0.3, -0.25) is 14.0 Å². The molecule has 6 rings (SSSR count). The molecule has 0 unspecified atom stereocenters. The third-order valence-electron chi connectivity index (χ3n) is 6.15. The molecule has 8 nitrogen and oxygen atoms in total. The molecule has 2 aliphatic rings. The highest BCUT2D eigenvalue weighted by Gasteiger charge is 2.25. The van der Waals surface area contributed by atoms with E-state index in [4.69, 9.17) is 4.98 Å². The van der Waals surface area contributed by atoms with Gasteiger partial charge in [-0.05, 0) is 23.3 Å². The lowest BCUT2D eigenvalue weighted by Gasteiger charge is -2.27. The molecule has 8 heteroatoms. The Morgan fingerprint density at radius 1 is 1.03 bits per heavy atom. The van der Waals surface area contributed by atoms with Gasteiger partial charge in [-0.1, -0.05) is 36.4 Å². The van der Waals surface area contributed by atoms with Gasteiger partial charge in [0.15, 0.2) is 11.5 Å². The number of carbonyl (C=O) groups excluding carboxylic acids is 2. The summed E-state index contributed by atoms with van der Waals surface area (Å²) in [5.41, 5.74) is 6.63. The van der Waals surface area contributed by atoms with E-state index >= 15 is 0 Å². The summed E-state index contributed by atoms with van der Waals surface area (Å²) in [6, 6.07) is 16.3. The summed E-state index contributed by atoms with van der Waals surface area (Å²) in [6.07, 6.45) is 4.71. The number of carbonyl (C=O) groups is 2. The lowest BCUT2D eigenvalue weighted by Crippen LogP contribution is -2.48. The highest BCUT2D eigenvalue weighted by molar-refractivity contribution is 5.99. The first-order chi connectivity index (χ1) is 16.2. The van der Waals surface area contributed by atoms with Crippen molar-refractivity contribution in [3.63, 3.8) is 0 Å². The standard InChI is InChI=1S/C25H22N6O2/c32-21-14-18-13-17(6-7-19(18)28-21)23-20(12-16-4-2-1-3-5-16)29-25-24(27-9-11-31(23)25)30-10-8-26-22(33)15-30/h1-7,9,11,13H,8,10,12,14-15H2,(H,26,33)(H,28,32). The number of anilines is 2. The number of nitrogens with one attached hydrogen (secondary N) is 2. The van der Waals surface area contributed by atoms with Crippen LogP contribution >= 0.6 is 0 Å². The second kappa shape index (κ2) is 7.74. The zero-order valence-electron chi connectivity index (χ0n) is 17.9. The van der Waals surface area contributed by atoms with Crippen molar-refractivity contribution in [2.24, 2.45) is 0 Å². The minimum atomic E-state index is -0.0165. The van der Waals surface area contributed by atoms with Crippen LogP contribution in [-0.4, -0.2) is 45.8 Å². The van der Waals surface area contributed by atoms with Crippen LogP contribution in [0.3, 0.4) is 0 Å². The zero-order chi connectivity index (χ0) is 22.4. The minimum absolute atomic E-state index is 0.0136. The van der Waals surface area contributed by atoms with Crippen molar-refractivity contribution in [3.8, 4) is 11.3 Å². The van der Waals surface area contributed by atoms with E-state index in [1.165, 1.54) is 0 Å². The second-order valence-corrected chi connectivity index (χ2v) is 8.38. The van der Waals surface area contributed by atoms with E-state index in [9.17, 15) is 9.59 Å². The number of benzene rings is 2. The topological polar surface area (TPSA) is 91.6 Å². The Kier molecular flexibility index (Phi) is 4.57. The lowest BCUT2D eigenvalue weighted by molar-refractivity contribution is -0.120. The molecule has 0 saturated carbocycles. The molecule has 0 bridgehead atoms. The Hall–Kier alpha value is -4.20. The lowest BCUT2D eigenvalue weighted by atomic mass is 10.0. The minimum Gasteiger partial charge on any atom is -0.353 e. The van der Waals surface area contributed by atoms with E-state index < -0.39 is 0 Å². The number of hydrogen-bond donors (Lipinski definition) is 2. The Morgan fingerprint density at radius 3 is 2.76 bits per heavy atom. The summed E-state index contributed by atoms with van der Waals surface area (Å²) in [5, 5.41) is 5.77. The van der Waals surface area contributed by atoms with E-state index in [-0.39, 0.29) is 18.4 Å². The van der Waals surface area contributed by atoms with Crippen LogP contribution in [0.15, 0.2) is 60.9 Å². The highest BCUT2D eigenvalue weighted by Crippen LogP contribution is 2.34. The van der Waals surface area contributed by atoms with Crippen LogP contribution in [0.5, 0.6) is 0 Å². The van der Waals surface area contributed by atoms with E-state index in [0.717, 1.165) is 39.4 Å². The molecule has 33 heavy (non-hydrogen) atoms. The monoisotopic (exact) mass is 438 g/mol. The average molecular weight is 438 g/mol. The molecular formula is C25H22N6O2. The fourth-order valence-electron chi connectivity index (χ4n) is 4.65. The molecule has 0 atom stereocenters. The first-order valence-electron chi connectivity index (χ1n) is 11.0. The smallest absolute Gasteiger partial charge is 0.239 e. The molecule has 2 aromatic heterocycles. The number of piperazine rings is 1. The zero-order valence-corrected chi connectivity index (χ0v) is 17.9. The van der Waals surface area contributed by atoms with Crippen molar-refractivity contribution in [1.29, 1.82) is 0 Å². The number of nitrogens with zero attached hydrogens (tertiary/aromatic N) is 4. The first kappa shape index (κ1) is 19.5. The molecule has 4 heterocycles. The maximum absolute atomic E-state index is 12.0. The molecule has 1 saturated heterocycles. The van der Waals surface area contributed by atoms with Gasteiger partial charge in [0.1, 0.15) is 0 Å². The SMILES string of the molecule is O=C1CN(c2nccn3c(-c4ccc5c(c4)CC(=O)N5)c(Cc4ccccc4)nc23)CCN1. The van der Waals surface area contributed by atoms with Gasteiger partial charge in [-0.2, -0.15) is 0 Å². The fourth-order valence-corrected chi connectivity index (χ4v) is 4.65. The number of rotatable bonds is 4. The summed E-state index contributed by atoms with van der Waals surface area (Å²) in [5.74, 6) is 0.697. The molecule has 2 aliphatic heterocycles. The number of imidazole rings is 1. The molecular weight excluding hydrogens is 416 g/mol. The van der Waals surface area contributed by atoms with Crippen LogP contribution in [0.25, 0.3) is 16.9 Å². The molecule has 2 amide bonds. The van der Waals surface area contributed by atoms with Gasteiger partial charge < -0.3 is 15.5 Å². The normalized spacial score (nSPS) is 15.5. The molecule has 2 N–H and O–H groups in total. The highest BCUT2D eigenvalue weighted by atomic mass is 16.2. The molecule has 0 spiro atoms. The maximum atomic E-state index is 12.0. The molecule has 0 aliphatic carbocycles. The van der Waals surface area contributed by atoms with Crippen molar-refractivity contribution in [2.45, 2.75) is 12.8 Å². The van der Waals surface area contributed by atoms with Crippen LogP contribution < -0.4 is 15.5 Å². The van der Waals surface area contributed by atoms with Crippen LogP contribution in [0, 0.1) is 0 Å². The maximum Gasteiger partial charge on any atom is 0.239 e. The predicted octanol–water partition coefficient (Wildman–Crippen LogP) is 2.42. The van der Waals surface area contributed by atoms with Crippen molar-refractivity contribution < 1.29 is 9.59 Å². The fraction of sp³-hybridized carbons (Fsp3) is 0.200. The summed E-state index contributed by atoms with van der Waals surface area (Å²) in [7, 11) is 0. The van der Waals surface area contributed by atoms with Crippen LogP contribution in [0.1, 0.15) is 16.8 Å². The van der Waals surface area contributed by atoms with Crippen LogP contribution in [0.2, 0.25) is 0 Å². The summed E-state index contributed by atoms with van der Waals surface area (Å²) < 4.78 is 2.05. The van der Waals surface area contributed by atoms with Gasteiger partial charge in [0.25, 0.3) is 0 Å². The predicted molar refractivity (Wildman–Crippen MR) is 125 cm³/mol. The van der Waals surface area contributed by atoms with Crippen molar-refractivity contribution in [2.75, 3.05) is 29.9 Å². The average Bonchev–Trinajstić information content (AvgIpc) is 3.38. The summed E-state index contributed by atoms with van der Waals surface area (Å²) >= 11 is 0. The number of amides is 2. The Bertz CT molecular complexity index is 1400. The molecule has 2 aromatic carbocycles. The summed E-state index contributed by atoms with van der Waals surface area (Å²) in [6.45, 7) is 1.52. The first-order valence-corrected chi connectivity index (χ1v) is 11.0. The quantitative estimate of drug-likeness (QED) is 0.511. The molecule has 1 fully saturated rings. The second-order valence-electron chi connectivity index (χ2n) is 8.38. The van der Waals surface area contributed by atoms with Crippen LogP contribution in [0.4, 0.5) is 11.5 Å². The van der Waals surface area contributed by atoms with Gasteiger partial charge in [0.2, 0.25) is 11.8 Å². The van der Waals surface area contributed by atoms with Gasteiger partial charge in [0, 0.05) is 43.2 Å².